The summed E-state index contributed by atoms with van der Waals surface area (Å²) in [5.41, 5.74) is 2.37. The van der Waals surface area contributed by atoms with Gasteiger partial charge in [0.2, 0.25) is 11.8 Å². The monoisotopic (exact) mass is 340 g/mol. The van der Waals surface area contributed by atoms with Crippen LogP contribution in [-0.4, -0.2) is 32.1 Å². The second-order valence-corrected chi connectivity index (χ2v) is 5.80. The minimum Gasteiger partial charge on any atom is -0.493 e. The molecule has 3 rings (SSSR count). The Balaban J connectivity index is 1.83. The van der Waals surface area contributed by atoms with Gasteiger partial charge in [-0.2, -0.15) is 0 Å². The number of anilines is 2. The van der Waals surface area contributed by atoms with Crippen LogP contribution in [0.5, 0.6) is 11.5 Å². The van der Waals surface area contributed by atoms with E-state index in [1.807, 2.05) is 24.3 Å². The van der Waals surface area contributed by atoms with Gasteiger partial charge < -0.3 is 14.8 Å². The first-order chi connectivity index (χ1) is 12.0. The Morgan fingerprint density at radius 2 is 1.80 bits per heavy atom. The third-order valence-corrected chi connectivity index (χ3v) is 4.27. The van der Waals surface area contributed by atoms with Gasteiger partial charge in [0.25, 0.3) is 0 Å². The third kappa shape index (κ3) is 3.15. The Morgan fingerprint density at radius 1 is 1.08 bits per heavy atom. The molecule has 1 N–H and O–H groups in total. The fraction of sp³-hybridized carbons (Fsp3) is 0.263. The summed E-state index contributed by atoms with van der Waals surface area (Å²) in [6.07, 6.45) is 0.495. The van der Waals surface area contributed by atoms with Gasteiger partial charge in [-0.05, 0) is 23.8 Å². The van der Waals surface area contributed by atoms with E-state index in [0.29, 0.717) is 23.6 Å². The summed E-state index contributed by atoms with van der Waals surface area (Å²) < 4.78 is 10.4. The molecule has 0 aromatic heterocycles. The summed E-state index contributed by atoms with van der Waals surface area (Å²) in [5.74, 6) is 0.716. The predicted molar refractivity (Wildman–Crippen MR) is 95.3 cm³/mol. The van der Waals surface area contributed by atoms with E-state index in [4.69, 9.17) is 9.47 Å². The molecule has 0 saturated heterocycles. The van der Waals surface area contributed by atoms with Crippen molar-refractivity contribution in [2.75, 3.05) is 24.4 Å². The molecule has 6 heteroatoms. The lowest BCUT2D eigenvalue weighted by Crippen LogP contribution is -2.44. The minimum atomic E-state index is -0.567. The van der Waals surface area contributed by atoms with Crippen LogP contribution in [0.2, 0.25) is 0 Å². The van der Waals surface area contributed by atoms with Gasteiger partial charge in [0.15, 0.2) is 11.5 Å². The first kappa shape index (κ1) is 16.8. The van der Waals surface area contributed by atoms with E-state index in [9.17, 15) is 9.59 Å². The summed E-state index contributed by atoms with van der Waals surface area (Å²) in [7, 11) is 3.09. The van der Waals surface area contributed by atoms with E-state index < -0.39 is 6.04 Å². The maximum Gasteiger partial charge on any atom is 0.247 e. The Bertz CT molecular complexity index is 819. The molecule has 0 spiro atoms. The zero-order valence-corrected chi connectivity index (χ0v) is 14.4. The Hall–Kier alpha value is -3.02. The average molecular weight is 340 g/mol. The van der Waals surface area contributed by atoms with Crippen molar-refractivity contribution < 1.29 is 19.1 Å². The van der Waals surface area contributed by atoms with E-state index >= 15 is 0 Å². The minimum absolute atomic E-state index is 0.155. The number of methoxy groups -OCH3 is 2. The fourth-order valence-corrected chi connectivity index (χ4v) is 3.12. The van der Waals surface area contributed by atoms with Crippen LogP contribution in [0.3, 0.4) is 0 Å². The Kier molecular flexibility index (Phi) is 4.61. The van der Waals surface area contributed by atoms with Crippen molar-refractivity contribution in [2.45, 2.75) is 19.4 Å². The summed E-state index contributed by atoms with van der Waals surface area (Å²) in [4.78, 5) is 26.4. The van der Waals surface area contributed by atoms with Gasteiger partial charge in [-0.25, -0.2) is 0 Å². The molecule has 2 aromatic carbocycles. The van der Waals surface area contributed by atoms with E-state index in [1.54, 1.807) is 30.2 Å². The van der Waals surface area contributed by atoms with Gasteiger partial charge in [0.1, 0.15) is 6.04 Å². The van der Waals surface area contributed by atoms with Crippen LogP contribution in [0.4, 0.5) is 11.4 Å². The van der Waals surface area contributed by atoms with E-state index in [2.05, 4.69) is 5.32 Å². The molecule has 0 unspecified atom stereocenters. The van der Waals surface area contributed by atoms with Crippen LogP contribution < -0.4 is 19.7 Å². The number of fused-ring (bicyclic) bond motifs is 1. The molecule has 6 nitrogen and oxygen atoms in total. The van der Waals surface area contributed by atoms with Gasteiger partial charge in [-0.3, -0.25) is 14.5 Å². The van der Waals surface area contributed by atoms with Crippen molar-refractivity contribution in [3.05, 3.63) is 48.0 Å². The molecule has 0 aliphatic carbocycles. The number of nitrogens with zero attached hydrogens (tertiary/aromatic N) is 1. The largest absolute Gasteiger partial charge is 0.493 e. The molecule has 1 aliphatic rings. The quantitative estimate of drug-likeness (QED) is 0.929. The summed E-state index contributed by atoms with van der Waals surface area (Å²) in [5, 5.41) is 2.86. The van der Waals surface area contributed by atoms with E-state index in [1.165, 1.54) is 14.0 Å². The predicted octanol–water partition coefficient (Wildman–Crippen LogP) is 2.62. The lowest BCUT2D eigenvalue weighted by atomic mass is 10.1. The maximum absolute atomic E-state index is 12.8. The standard InChI is InChI=1S/C19H20N2O4/c1-12(22)21-15-7-5-4-6-13(15)10-16(21)19(23)20-14-8-9-17(24-2)18(11-14)25-3/h4-9,11,16H,10H2,1-3H3,(H,20,23)/t16-/m0/s1. The van der Waals surface area contributed by atoms with Crippen LogP contribution in [0.1, 0.15) is 12.5 Å². The van der Waals surface area contributed by atoms with Crippen molar-refractivity contribution in [3.63, 3.8) is 0 Å². The molecule has 0 saturated carbocycles. The van der Waals surface area contributed by atoms with Crippen molar-refractivity contribution in [2.24, 2.45) is 0 Å². The summed E-state index contributed by atoms with van der Waals surface area (Å²) in [6, 6.07) is 12.2. The highest BCUT2D eigenvalue weighted by Crippen LogP contribution is 2.33. The van der Waals surface area contributed by atoms with Crippen LogP contribution in [0, 0.1) is 0 Å². The molecular weight excluding hydrogens is 320 g/mol. The molecule has 0 bridgehead atoms. The van der Waals surface area contributed by atoms with Gasteiger partial charge in [-0.15, -0.1) is 0 Å². The normalized spacial score (nSPS) is 15.5. The Labute approximate surface area is 146 Å². The topological polar surface area (TPSA) is 67.9 Å². The molecule has 130 valence electrons. The molecule has 25 heavy (non-hydrogen) atoms. The first-order valence-electron chi connectivity index (χ1n) is 7.95. The average Bonchev–Trinajstić information content (AvgIpc) is 3.01. The van der Waals surface area contributed by atoms with Gasteiger partial charge in [0.05, 0.1) is 14.2 Å². The zero-order chi connectivity index (χ0) is 18.0. The second kappa shape index (κ2) is 6.84. The lowest BCUT2D eigenvalue weighted by molar-refractivity contribution is -0.122. The highest BCUT2D eigenvalue weighted by atomic mass is 16.5. The number of nitrogens with one attached hydrogen (secondary N) is 1. The number of rotatable bonds is 4. The van der Waals surface area contributed by atoms with Gasteiger partial charge in [0, 0.05) is 30.8 Å². The van der Waals surface area contributed by atoms with Crippen molar-refractivity contribution in [1.29, 1.82) is 0 Å². The summed E-state index contributed by atoms with van der Waals surface area (Å²) in [6.45, 7) is 1.47. The number of hydrogen-bond donors (Lipinski definition) is 1. The van der Waals surface area contributed by atoms with Gasteiger partial charge >= 0.3 is 0 Å². The van der Waals surface area contributed by atoms with Crippen LogP contribution in [0.25, 0.3) is 0 Å². The molecule has 0 radical (unpaired) electrons. The SMILES string of the molecule is COc1ccc(NC(=O)[C@@H]2Cc3ccccc3N2C(C)=O)cc1OC. The zero-order valence-electron chi connectivity index (χ0n) is 14.4. The third-order valence-electron chi connectivity index (χ3n) is 4.27. The summed E-state index contributed by atoms with van der Waals surface area (Å²) >= 11 is 0. The van der Waals surface area contributed by atoms with Crippen molar-refractivity contribution in [3.8, 4) is 11.5 Å². The second-order valence-electron chi connectivity index (χ2n) is 5.80. The van der Waals surface area contributed by atoms with Gasteiger partial charge in [-0.1, -0.05) is 18.2 Å². The maximum atomic E-state index is 12.8. The molecule has 0 fully saturated rings. The highest BCUT2D eigenvalue weighted by molar-refractivity contribution is 6.06. The molecule has 2 amide bonds. The number of hydrogen-bond acceptors (Lipinski definition) is 4. The van der Waals surface area contributed by atoms with E-state index in [-0.39, 0.29) is 11.8 Å². The molecule has 1 heterocycles. The smallest absolute Gasteiger partial charge is 0.247 e. The fourth-order valence-electron chi connectivity index (χ4n) is 3.12. The number of carbonyl (C=O) groups excluding carboxylic acids is 2. The van der Waals surface area contributed by atoms with Crippen LogP contribution >= 0.6 is 0 Å². The van der Waals surface area contributed by atoms with Crippen LogP contribution in [0.15, 0.2) is 42.5 Å². The van der Waals surface area contributed by atoms with E-state index in [0.717, 1.165) is 11.3 Å². The first-order valence-corrected chi connectivity index (χ1v) is 7.95. The number of para-hydroxylation sites is 1. The highest BCUT2D eigenvalue weighted by Gasteiger charge is 2.36. The van der Waals surface area contributed by atoms with Crippen LogP contribution in [-0.2, 0) is 16.0 Å². The van der Waals surface area contributed by atoms with Crippen molar-refractivity contribution in [1.82, 2.24) is 0 Å². The number of ether oxygens (including phenoxy) is 2. The molecular formula is C19H20N2O4. The number of benzene rings is 2. The molecule has 1 aliphatic heterocycles. The Morgan fingerprint density at radius 3 is 2.48 bits per heavy atom. The molecule has 1 atom stereocenters. The number of carbonyl (C=O) groups is 2. The molecule has 2 aromatic rings. The number of amides is 2. The van der Waals surface area contributed by atoms with Crippen molar-refractivity contribution >= 4 is 23.2 Å². The lowest BCUT2D eigenvalue weighted by Gasteiger charge is -2.23.